The monoisotopic (exact) mass is 674 g/mol. The van der Waals surface area contributed by atoms with E-state index in [0.29, 0.717) is 5.92 Å². The summed E-state index contributed by atoms with van der Waals surface area (Å²) in [5.41, 5.74) is 18.8. The van der Waals surface area contributed by atoms with Crippen molar-refractivity contribution in [1.82, 2.24) is 0 Å². The molecular weight excluding hydrogens is 625 g/mol. The highest BCUT2D eigenvalue weighted by Crippen LogP contribution is 2.40. The van der Waals surface area contributed by atoms with Gasteiger partial charge in [0.15, 0.2) is 0 Å². The average molecular weight is 675 g/mol. The molecule has 52 heavy (non-hydrogen) atoms. The van der Waals surface area contributed by atoms with Crippen LogP contribution in [0.1, 0.15) is 100 Å². The van der Waals surface area contributed by atoms with Crippen LogP contribution in [0.3, 0.4) is 0 Å². The lowest BCUT2D eigenvalue weighted by Crippen LogP contribution is -2.09. The molecule has 0 aliphatic heterocycles. The lowest BCUT2D eigenvalue weighted by Gasteiger charge is -2.27. The van der Waals surface area contributed by atoms with E-state index in [0.717, 1.165) is 19.3 Å². The van der Waals surface area contributed by atoms with Crippen molar-refractivity contribution in [3.05, 3.63) is 230 Å². The first-order chi connectivity index (χ1) is 25.4. The van der Waals surface area contributed by atoms with E-state index in [2.05, 4.69) is 198 Å². The maximum Gasteiger partial charge on any atom is 0.0340 e. The van der Waals surface area contributed by atoms with Crippen molar-refractivity contribution in [2.45, 2.75) is 65.2 Å². The average Bonchev–Trinajstić information content (AvgIpc) is 3.15. The molecule has 1 atom stereocenters. The summed E-state index contributed by atoms with van der Waals surface area (Å²) in [4.78, 5) is 0. The molecular formula is C52H50. The lowest BCUT2D eigenvalue weighted by atomic mass is 9.77. The Bertz CT molecular complexity index is 2160. The van der Waals surface area contributed by atoms with Crippen molar-refractivity contribution >= 4 is 18.2 Å². The molecule has 0 amide bonds. The van der Waals surface area contributed by atoms with Crippen molar-refractivity contribution in [3.63, 3.8) is 0 Å². The van der Waals surface area contributed by atoms with E-state index in [-0.39, 0.29) is 5.92 Å². The van der Waals surface area contributed by atoms with Gasteiger partial charge in [0.1, 0.15) is 0 Å². The van der Waals surface area contributed by atoms with Gasteiger partial charge < -0.3 is 0 Å². The van der Waals surface area contributed by atoms with E-state index >= 15 is 0 Å². The van der Waals surface area contributed by atoms with Crippen LogP contribution in [0.4, 0.5) is 0 Å². The Morgan fingerprint density at radius 3 is 1.44 bits per heavy atom. The first-order valence-corrected chi connectivity index (χ1v) is 18.9. The summed E-state index contributed by atoms with van der Waals surface area (Å²) in [5, 5.41) is 0. The molecule has 5 aromatic carbocycles. The quantitative estimate of drug-likeness (QED) is 0.102. The Morgan fingerprint density at radius 2 is 0.962 bits per heavy atom. The molecule has 0 nitrogen and oxygen atoms in total. The minimum atomic E-state index is 0.206. The molecule has 0 heterocycles. The Balaban J connectivity index is 1.02. The zero-order valence-electron chi connectivity index (χ0n) is 31.1. The third-order valence-corrected chi connectivity index (χ3v) is 10.5. The Kier molecular flexibility index (Phi) is 10.9. The van der Waals surface area contributed by atoms with E-state index in [9.17, 15) is 0 Å². The predicted octanol–water partition coefficient (Wildman–Crippen LogP) is 14.1. The van der Waals surface area contributed by atoms with E-state index in [4.69, 9.17) is 0 Å². The van der Waals surface area contributed by atoms with E-state index < -0.39 is 0 Å². The fourth-order valence-electron chi connectivity index (χ4n) is 7.79. The molecule has 0 saturated heterocycles. The van der Waals surface area contributed by atoms with E-state index in [1.54, 1.807) is 0 Å². The van der Waals surface area contributed by atoms with Crippen molar-refractivity contribution in [3.8, 4) is 0 Å². The first kappa shape index (κ1) is 35.0. The summed E-state index contributed by atoms with van der Waals surface area (Å²) in [6, 6.07) is 44.8. The van der Waals surface area contributed by atoms with Gasteiger partial charge in [-0.25, -0.2) is 0 Å². The fraction of sp³-hybridized carbons (Fsp3) is 0.192. The number of hydrogen-bond acceptors (Lipinski definition) is 0. The summed E-state index contributed by atoms with van der Waals surface area (Å²) < 4.78 is 0. The highest BCUT2D eigenvalue weighted by Gasteiger charge is 2.23. The molecule has 0 aromatic heterocycles. The second-order valence-electron chi connectivity index (χ2n) is 14.8. The molecule has 0 saturated carbocycles. The molecule has 0 fully saturated rings. The zero-order chi connectivity index (χ0) is 35.9. The molecule has 2 aliphatic rings. The predicted molar refractivity (Wildman–Crippen MR) is 225 cm³/mol. The van der Waals surface area contributed by atoms with Gasteiger partial charge in [0.25, 0.3) is 0 Å². The third-order valence-electron chi connectivity index (χ3n) is 10.5. The molecule has 0 radical (unpaired) electrons. The van der Waals surface area contributed by atoms with Crippen LogP contribution in [0.15, 0.2) is 174 Å². The number of aryl methyl sites for hydroxylation is 3. The van der Waals surface area contributed by atoms with Gasteiger partial charge in [0, 0.05) is 11.8 Å². The maximum atomic E-state index is 2.46. The van der Waals surface area contributed by atoms with Gasteiger partial charge in [-0.15, -0.1) is 0 Å². The molecule has 5 aromatic rings. The van der Waals surface area contributed by atoms with Gasteiger partial charge in [0.2, 0.25) is 0 Å². The Morgan fingerprint density at radius 1 is 0.462 bits per heavy atom. The second-order valence-corrected chi connectivity index (χ2v) is 14.8. The van der Waals surface area contributed by atoms with Gasteiger partial charge in [-0.1, -0.05) is 198 Å². The van der Waals surface area contributed by atoms with Crippen LogP contribution in [0.5, 0.6) is 0 Å². The van der Waals surface area contributed by atoms with Crippen LogP contribution in [-0.2, 0) is 0 Å². The normalized spacial score (nSPS) is 15.4. The molecule has 258 valence electrons. The van der Waals surface area contributed by atoms with Crippen LogP contribution in [0.25, 0.3) is 18.2 Å². The third kappa shape index (κ3) is 8.70. The van der Waals surface area contributed by atoms with Crippen LogP contribution < -0.4 is 0 Å². The molecule has 1 unspecified atom stereocenters. The Hall–Kier alpha value is -5.46. The highest BCUT2D eigenvalue weighted by molar-refractivity contribution is 5.70. The molecule has 0 heteroatoms. The molecule has 0 bridgehead atoms. The highest BCUT2D eigenvalue weighted by atomic mass is 14.3. The fourth-order valence-corrected chi connectivity index (χ4v) is 7.79. The minimum absolute atomic E-state index is 0.206. The van der Waals surface area contributed by atoms with Crippen molar-refractivity contribution in [2.24, 2.45) is 0 Å². The van der Waals surface area contributed by atoms with Crippen LogP contribution in [-0.4, -0.2) is 0 Å². The summed E-state index contributed by atoms with van der Waals surface area (Å²) in [6.45, 7) is 8.82. The summed E-state index contributed by atoms with van der Waals surface area (Å²) in [5.74, 6) is 0.544. The maximum absolute atomic E-state index is 2.46. The molecule has 7 rings (SSSR count). The molecule has 2 aliphatic carbocycles. The summed E-state index contributed by atoms with van der Waals surface area (Å²) in [6.07, 6.45) is 23.1. The van der Waals surface area contributed by atoms with Gasteiger partial charge in [0.05, 0.1) is 0 Å². The van der Waals surface area contributed by atoms with Gasteiger partial charge in [-0.05, 0) is 103 Å². The van der Waals surface area contributed by atoms with Gasteiger partial charge in [-0.3, -0.25) is 0 Å². The minimum Gasteiger partial charge on any atom is -0.0800 e. The Labute approximate surface area is 312 Å². The summed E-state index contributed by atoms with van der Waals surface area (Å²) >= 11 is 0. The zero-order valence-corrected chi connectivity index (χ0v) is 31.1. The second kappa shape index (κ2) is 16.3. The van der Waals surface area contributed by atoms with Crippen LogP contribution in [0.2, 0.25) is 0 Å². The van der Waals surface area contributed by atoms with Crippen molar-refractivity contribution in [2.75, 3.05) is 0 Å². The van der Waals surface area contributed by atoms with Gasteiger partial charge in [-0.2, -0.15) is 0 Å². The number of benzene rings is 5. The largest absolute Gasteiger partial charge is 0.0800 e. The van der Waals surface area contributed by atoms with Crippen molar-refractivity contribution < 1.29 is 0 Å². The summed E-state index contributed by atoms with van der Waals surface area (Å²) in [7, 11) is 0. The number of hydrogen-bond donors (Lipinski definition) is 0. The van der Waals surface area contributed by atoms with Crippen LogP contribution in [0, 0.1) is 20.8 Å². The van der Waals surface area contributed by atoms with Crippen molar-refractivity contribution in [1.29, 1.82) is 0 Å². The molecule has 0 N–H and O–H groups in total. The number of allylic oxidation sites excluding steroid dienone is 9. The standard InChI is InChI=1S/C52H50/c1-37-9-5-13-47(33-37)51(48-14-6-10-38(2)34-48)45-29-25-43(26-30-45)23-21-41-17-19-42(20-18-41)22-24-44-27-31-46(32-28-44)52(49-15-7-11-39(3)35-49)50-16-8-12-40(4)36-50/h5-7,9-11,13-27,29-31,33-36,51-52H,8,12,28,32H2,1-4H3. The topological polar surface area (TPSA) is 0 Å². The molecule has 0 spiro atoms. The van der Waals surface area contributed by atoms with Gasteiger partial charge >= 0.3 is 0 Å². The van der Waals surface area contributed by atoms with E-state index in [1.807, 2.05) is 0 Å². The lowest BCUT2D eigenvalue weighted by molar-refractivity contribution is 0.799. The SMILES string of the molecule is CC1=CC(C(C2=CC=C(C=Cc3ccc(C=Cc4ccc(C(c5cccc(C)c5)c5cccc(C)c5)cc4)cc3)CC2)c2cccc(C)c2)=CCC1. The van der Waals surface area contributed by atoms with Crippen LogP contribution >= 0.6 is 0 Å². The first-order valence-electron chi connectivity index (χ1n) is 18.9. The van der Waals surface area contributed by atoms with E-state index in [1.165, 1.54) is 84.3 Å². The number of rotatable bonds is 10. The smallest absolute Gasteiger partial charge is 0.0340 e.